The molecule has 1 atom stereocenters. The molecule has 1 aromatic rings. The van der Waals surface area contributed by atoms with Gasteiger partial charge in [-0.2, -0.15) is 0 Å². The molecule has 1 unspecified atom stereocenters. The number of rotatable bonds is 4. The molecule has 0 saturated carbocycles. The Morgan fingerprint density at radius 1 is 1.40 bits per heavy atom. The molecule has 4 heteroatoms. The third-order valence-electron chi connectivity index (χ3n) is 4.12. The van der Waals surface area contributed by atoms with Gasteiger partial charge in [-0.3, -0.25) is 4.99 Å². The summed E-state index contributed by atoms with van der Waals surface area (Å²) in [6.45, 7) is 10.7. The van der Waals surface area contributed by atoms with Crippen LogP contribution in [-0.2, 0) is 0 Å². The molecule has 1 aliphatic rings. The number of nitrogens with two attached hydrogens (primary N) is 1. The number of hydrogen-bond acceptors (Lipinski definition) is 2. The summed E-state index contributed by atoms with van der Waals surface area (Å²) in [5.41, 5.74) is 9.52. The van der Waals surface area contributed by atoms with Crippen molar-refractivity contribution < 1.29 is 0 Å². The predicted octanol–water partition coefficient (Wildman–Crippen LogP) is 2.37. The quantitative estimate of drug-likeness (QED) is 0.654. The van der Waals surface area contributed by atoms with E-state index in [1.54, 1.807) is 0 Å². The van der Waals surface area contributed by atoms with Gasteiger partial charge in [0.2, 0.25) is 0 Å². The van der Waals surface area contributed by atoms with E-state index >= 15 is 0 Å². The van der Waals surface area contributed by atoms with Gasteiger partial charge >= 0.3 is 0 Å². The van der Waals surface area contributed by atoms with E-state index in [9.17, 15) is 0 Å². The lowest BCUT2D eigenvalue weighted by atomic mass is 10.1. The molecule has 1 fully saturated rings. The van der Waals surface area contributed by atoms with Crippen molar-refractivity contribution in [2.45, 2.75) is 27.2 Å². The molecule has 0 radical (unpaired) electrons. The van der Waals surface area contributed by atoms with E-state index in [2.05, 4.69) is 48.1 Å². The largest absolute Gasteiger partial charge is 0.370 e. The fourth-order valence-corrected chi connectivity index (χ4v) is 2.58. The molecule has 1 heterocycles. The Balaban J connectivity index is 1.86. The summed E-state index contributed by atoms with van der Waals surface area (Å²) in [5.74, 6) is 1.17. The van der Waals surface area contributed by atoms with Gasteiger partial charge in [-0.15, -0.1) is 0 Å². The second kappa shape index (κ2) is 6.75. The summed E-state index contributed by atoms with van der Waals surface area (Å²) in [6, 6.07) is 6.24. The molecule has 2 rings (SSSR count). The number of hydrogen-bond donors (Lipinski definition) is 2. The summed E-state index contributed by atoms with van der Waals surface area (Å²) < 4.78 is 0. The Bertz CT molecular complexity index is 481. The zero-order chi connectivity index (χ0) is 14.5. The molecule has 0 aromatic heterocycles. The maximum atomic E-state index is 5.96. The number of aryl methyl sites for hydroxylation is 2. The number of anilines is 1. The molecular formula is C16H26N4. The van der Waals surface area contributed by atoms with Gasteiger partial charge in [-0.1, -0.05) is 13.0 Å². The van der Waals surface area contributed by atoms with Crippen LogP contribution in [0.3, 0.4) is 0 Å². The monoisotopic (exact) mass is 274 g/mol. The molecular weight excluding hydrogens is 248 g/mol. The molecule has 4 nitrogen and oxygen atoms in total. The first-order valence-electron chi connectivity index (χ1n) is 7.45. The summed E-state index contributed by atoms with van der Waals surface area (Å²) in [4.78, 5) is 6.94. The van der Waals surface area contributed by atoms with Crippen LogP contribution in [0.4, 0.5) is 5.69 Å². The summed E-state index contributed by atoms with van der Waals surface area (Å²) in [6.07, 6.45) is 1.23. The van der Waals surface area contributed by atoms with Gasteiger partial charge in [-0.05, 0) is 62.5 Å². The normalized spacial score (nSPS) is 20.4. The van der Waals surface area contributed by atoms with Crippen molar-refractivity contribution in [3.8, 4) is 0 Å². The number of aliphatic imine (C=N–C) groups is 1. The van der Waals surface area contributed by atoms with Gasteiger partial charge in [0.15, 0.2) is 5.96 Å². The molecule has 110 valence electrons. The topological polar surface area (TPSA) is 53.6 Å². The minimum absolute atomic E-state index is 0.517. The molecule has 0 spiro atoms. The van der Waals surface area contributed by atoms with Crippen LogP contribution in [0.5, 0.6) is 0 Å². The van der Waals surface area contributed by atoms with Crippen molar-refractivity contribution >= 4 is 11.6 Å². The molecule has 0 bridgehead atoms. The predicted molar refractivity (Wildman–Crippen MR) is 86.2 cm³/mol. The van der Waals surface area contributed by atoms with Gasteiger partial charge in [-0.25, -0.2) is 0 Å². The van der Waals surface area contributed by atoms with Crippen LogP contribution in [0.1, 0.15) is 24.5 Å². The lowest BCUT2D eigenvalue weighted by molar-refractivity contribution is 0.344. The number of guanidine groups is 1. The van der Waals surface area contributed by atoms with Gasteiger partial charge in [0.25, 0.3) is 0 Å². The van der Waals surface area contributed by atoms with Crippen molar-refractivity contribution in [2.75, 3.05) is 31.5 Å². The van der Waals surface area contributed by atoms with E-state index in [1.807, 2.05) is 6.07 Å². The van der Waals surface area contributed by atoms with Crippen molar-refractivity contribution in [3.05, 3.63) is 29.3 Å². The highest BCUT2D eigenvalue weighted by Crippen LogP contribution is 2.16. The van der Waals surface area contributed by atoms with E-state index in [0.717, 1.165) is 25.3 Å². The lowest BCUT2D eigenvalue weighted by Crippen LogP contribution is -2.25. The SMILES string of the molecule is CCN1CCC(CN=C(N)Nc2ccc(C)c(C)c2)C1. The van der Waals surface area contributed by atoms with Crippen LogP contribution < -0.4 is 11.1 Å². The zero-order valence-electron chi connectivity index (χ0n) is 12.8. The number of nitrogens with zero attached hydrogens (tertiary/aromatic N) is 2. The highest BCUT2D eigenvalue weighted by atomic mass is 15.1. The first-order valence-corrected chi connectivity index (χ1v) is 7.45. The summed E-state index contributed by atoms with van der Waals surface area (Å²) >= 11 is 0. The Morgan fingerprint density at radius 2 is 2.20 bits per heavy atom. The Morgan fingerprint density at radius 3 is 2.85 bits per heavy atom. The van der Waals surface area contributed by atoms with Gasteiger partial charge < -0.3 is 16.0 Å². The van der Waals surface area contributed by atoms with Crippen LogP contribution in [0, 0.1) is 19.8 Å². The second-order valence-corrected chi connectivity index (χ2v) is 5.70. The van der Waals surface area contributed by atoms with E-state index < -0.39 is 0 Å². The van der Waals surface area contributed by atoms with Crippen molar-refractivity contribution in [1.29, 1.82) is 0 Å². The highest BCUT2D eigenvalue weighted by molar-refractivity contribution is 5.92. The summed E-state index contributed by atoms with van der Waals surface area (Å²) in [7, 11) is 0. The number of nitrogens with one attached hydrogen (secondary N) is 1. The van der Waals surface area contributed by atoms with Gasteiger partial charge in [0.05, 0.1) is 0 Å². The highest BCUT2D eigenvalue weighted by Gasteiger charge is 2.20. The maximum Gasteiger partial charge on any atom is 0.193 e. The molecule has 1 aliphatic heterocycles. The Hall–Kier alpha value is -1.55. The van der Waals surface area contributed by atoms with Gasteiger partial charge in [0.1, 0.15) is 0 Å². The number of likely N-dealkylation sites (tertiary alicyclic amines) is 1. The molecule has 0 aliphatic carbocycles. The minimum Gasteiger partial charge on any atom is -0.370 e. The van der Waals surface area contributed by atoms with Crippen LogP contribution in [0.15, 0.2) is 23.2 Å². The average Bonchev–Trinajstić information content (AvgIpc) is 2.89. The van der Waals surface area contributed by atoms with E-state index in [-0.39, 0.29) is 0 Å². The fourth-order valence-electron chi connectivity index (χ4n) is 2.58. The Kier molecular flexibility index (Phi) is 5.01. The van der Waals surface area contributed by atoms with Crippen LogP contribution in [-0.4, -0.2) is 37.0 Å². The molecule has 1 saturated heterocycles. The maximum absolute atomic E-state index is 5.96. The van der Waals surface area contributed by atoms with Crippen molar-refractivity contribution in [3.63, 3.8) is 0 Å². The van der Waals surface area contributed by atoms with Crippen molar-refractivity contribution in [1.82, 2.24) is 4.90 Å². The third-order valence-corrected chi connectivity index (χ3v) is 4.12. The molecule has 1 aromatic carbocycles. The second-order valence-electron chi connectivity index (χ2n) is 5.70. The first kappa shape index (κ1) is 14.9. The van der Waals surface area contributed by atoms with Crippen LogP contribution in [0.2, 0.25) is 0 Å². The van der Waals surface area contributed by atoms with E-state index in [1.165, 1.54) is 24.1 Å². The smallest absolute Gasteiger partial charge is 0.193 e. The average molecular weight is 274 g/mol. The summed E-state index contributed by atoms with van der Waals surface area (Å²) in [5, 5.41) is 3.17. The number of benzene rings is 1. The first-order chi connectivity index (χ1) is 9.58. The molecule has 0 amide bonds. The van der Waals surface area contributed by atoms with E-state index in [0.29, 0.717) is 11.9 Å². The van der Waals surface area contributed by atoms with Crippen molar-refractivity contribution in [2.24, 2.45) is 16.6 Å². The third kappa shape index (κ3) is 3.97. The molecule has 20 heavy (non-hydrogen) atoms. The minimum atomic E-state index is 0.517. The fraction of sp³-hybridized carbons (Fsp3) is 0.562. The zero-order valence-corrected chi connectivity index (χ0v) is 12.8. The Labute approximate surface area is 122 Å². The van der Waals surface area contributed by atoms with Crippen LogP contribution in [0.25, 0.3) is 0 Å². The van der Waals surface area contributed by atoms with Gasteiger partial charge in [0, 0.05) is 18.8 Å². The lowest BCUT2D eigenvalue weighted by Gasteiger charge is -2.12. The standard InChI is InChI=1S/C16H26N4/c1-4-20-8-7-14(11-20)10-18-16(17)19-15-6-5-12(2)13(3)9-15/h5-6,9,14H,4,7-8,10-11H2,1-3H3,(H3,17,18,19). The van der Waals surface area contributed by atoms with E-state index in [4.69, 9.17) is 5.73 Å². The van der Waals surface area contributed by atoms with Crippen LogP contribution >= 0.6 is 0 Å². The molecule has 3 N–H and O–H groups in total.